The van der Waals surface area contributed by atoms with Gasteiger partial charge in [-0.15, -0.1) is 0 Å². The number of pyridine rings is 1. The fourth-order valence-electron chi connectivity index (χ4n) is 1.87. The Morgan fingerprint density at radius 2 is 2.05 bits per heavy atom. The van der Waals surface area contributed by atoms with E-state index in [1.54, 1.807) is 10.9 Å². The lowest BCUT2D eigenvalue weighted by molar-refractivity contribution is 0.0697. The number of para-hydroxylation sites is 2. The van der Waals surface area contributed by atoms with Crippen molar-refractivity contribution in [3.8, 4) is 5.82 Å². The molecule has 2 heterocycles. The van der Waals surface area contributed by atoms with Crippen LogP contribution in [0.4, 0.5) is 0 Å². The number of nitrogens with zero attached hydrogens (tertiary/aromatic N) is 3. The molecule has 3 rings (SSSR count). The monoisotopic (exact) mass is 273 g/mol. The standard InChI is InChI=1S/C13H8ClN3O2/c14-9-6-15-12(5-8(9)13(18)19)17-7-16-10-3-1-2-4-11(10)17/h1-7H,(H,18,19). The van der Waals surface area contributed by atoms with Crippen molar-refractivity contribution < 1.29 is 9.90 Å². The highest BCUT2D eigenvalue weighted by atomic mass is 35.5. The van der Waals surface area contributed by atoms with Gasteiger partial charge in [0, 0.05) is 6.20 Å². The van der Waals surface area contributed by atoms with Gasteiger partial charge in [0.05, 0.1) is 21.6 Å². The van der Waals surface area contributed by atoms with E-state index in [-0.39, 0.29) is 10.6 Å². The molecule has 5 nitrogen and oxygen atoms in total. The third-order valence-electron chi connectivity index (χ3n) is 2.77. The molecule has 0 unspecified atom stereocenters. The quantitative estimate of drug-likeness (QED) is 0.779. The molecule has 3 aromatic rings. The lowest BCUT2D eigenvalue weighted by Gasteiger charge is -2.05. The van der Waals surface area contributed by atoms with Crippen LogP contribution in [-0.4, -0.2) is 25.6 Å². The van der Waals surface area contributed by atoms with E-state index in [0.717, 1.165) is 11.0 Å². The zero-order valence-corrected chi connectivity index (χ0v) is 10.4. The van der Waals surface area contributed by atoms with Gasteiger partial charge in [-0.3, -0.25) is 4.57 Å². The van der Waals surface area contributed by atoms with Crippen LogP contribution in [0.25, 0.3) is 16.9 Å². The van der Waals surface area contributed by atoms with Crippen LogP contribution >= 0.6 is 11.6 Å². The normalized spacial score (nSPS) is 10.8. The van der Waals surface area contributed by atoms with Crippen molar-refractivity contribution >= 4 is 28.6 Å². The zero-order valence-electron chi connectivity index (χ0n) is 9.62. The number of hydrogen-bond acceptors (Lipinski definition) is 3. The molecule has 0 aliphatic rings. The third kappa shape index (κ3) is 1.94. The molecular formula is C13H8ClN3O2. The van der Waals surface area contributed by atoms with Gasteiger partial charge in [0.2, 0.25) is 0 Å². The first-order valence-corrected chi connectivity index (χ1v) is 5.86. The Balaban J connectivity index is 2.22. The van der Waals surface area contributed by atoms with Crippen LogP contribution in [0.2, 0.25) is 5.02 Å². The topological polar surface area (TPSA) is 68.0 Å². The molecule has 94 valence electrons. The van der Waals surface area contributed by atoms with Crippen LogP contribution in [0.5, 0.6) is 0 Å². The van der Waals surface area contributed by atoms with Gasteiger partial charge >= 0.3 is 5.97 Å². The highest BCUT2D eigenvalue weighted by molar-refractivity contribution is 6.33. The van der Waals surface area contributed by atoms with E-state index in [2.05, 4.69) is 9.97 Å². The van der Waals surface area contributed by atoms with Gasteiger partial charge < -0.3 is 5.11 Å². The summed E-state index contributed by atoms with van der Waals surface area (Å²) in [6.07, 6.45) is 2.93. The minimum Gasteiger partial charge on any atom is -0.478 e. The number of halogens is 1. The van der Waals surface area contributed by atoms with E-state index in [0.29, 0.717) is 5.82 Å². The molecule has 1 N–H and O–H groups in total. The molecule has 6 heteroatoms. The number of fused-ring (bicyclic) bond motifs is 1. The number of aromatic nitrogens is 3. The van der Waals surface area contributed by atoms with Gasteiger partial charge in [-0.1, -0.05) is 23.7 Å². The van der Waals surface area contributed by atoms with Gasteiger partial charge in [-0.05, 0) is 18.2 Å². The molecule has 1 aromatic carbocycles. The Labute approximate surface area is 113 Å². The second-order valence-electron chi connectivity index (χ2n) is 3.93. The summed E-state index contributed by atoms with van der Waals surface area (Å²) >= 11 is 5.80. The Morgan fingerprint density at radius 1 is 1.26 bits per heavy atom. The average Bonchev–Trinajstić information content (AvgIpc) is 2.83. The second kappa shape index (κ2) is 4.37. The van der Waals surface area contributed by atoms with E-state index in [1.807, 2.05) is 24.3 Å². The van der Waals surface area contributed by atoms with Crippen LogP contribution in [0.3, 0.4) is 0 Å². The number of hydrogen-bond donors (Lipinski definition) is 1. The summed E-state index contributed by atoms with van der Waals surface area (Å²) in [5.74, 6) is -0.617. The molecule has 0 amide bonds. The number of rotatable bonds is 2. The fourth-order valence-corrected chi connectivity index (χ4v) is 2.05. The smallest absolute Gasteiger partial charge is 0.337 e. The summed E-state index contributed by atoms with van der Waals surface area (Å²) in [7, 11) is 0. The van der Waals surface area contributed by atoms with E-state index in [1.165, 1.54) is 12.3 Å². The number of carboxylic acid groups (broad SMARTS) is 1. The molecule has 0 fully saturated rings. The minimum atomic E-state index is -1.09. The lowest BCUT2D eigenvalue weighted by atomic mass is 10.2. The number of carboxylic acids is 1. The van der Waals surface area contributed by atoms with E-state index >= 15 is 0 Å². The van der Waals surface area contributed by atoms with Crippen molar-refractivity contribution in [1.82, 2.24) is 14.5 Å². The average molecular weight is 274 g/mol. The molecule has 0 spiro atoms. The molecule has 0 aliphatic heterocycles. The van der Waals surface area contributed by atoms with Gasteiger partial charge in [0.1, 0.15) is 12.1 Å². The highest BCUT2D eigenvalue weighted by Gasteiger charge is 2.12. The Bertz CT molecular complexity index is 782. The van der Waals surface area contributed by atoms with Crippen molar-refractivity contribution in [1.29, 1.82) is 0 Å². The molecule has 0 saturated heterocycles. The van der Waals surface area contributed by atoms with Gasteiger partial charge in [-0.2, -0.15) is 0 Å². The Hall–Kier alpha value is -2.40. The molecule has 0 bridgehead atoms. The summed E-state index contributed by atoms with van der Waals surface area (Å²) in [4.78, 5) is 19.4. The van der Waals surface area contributed by atoms with E-state index in [9.17, 15) is 4.79 Å². The molecule has 0 radical (unpaired) electrons. The molecule has 19 heavy (non-hydrogen) atoms. The Kier molecular flexibility index (Phi) is 2.68. The molecule has 0 saturated carbocycles. The van der Waals surface area contributed by atoms with Gasteiger partial charge in [0.25, 0.3) is 0 Å². The van der Waals surface area contributed by atoms with Crippen LogP contribution in [0, 0.1) is 0 Å². The summed E-state index contributed by atoms with van der Waals surface area (Å²) in [5, 5.41) is 9.18. The first kappa shape index (κ1) is 11.7. The predicted molar refractivity (Wildman–Crippen MR) is 70.8 cm³/mol. The van der Waals surface area contributed by atoms with Crippen molar-refractivity contribution in [3.05, 3.63) is 53.4 Å². The Morgan fingerprint density at radius 3 is 2.84 bits per heavy atom. The van der Waals surface area contributed by atoms with Crippen molar-refractivity contribution in [3.63, 3.8) is 0 Å². The summed E-state index contributed by atoms with van der Waals surface area (Å²) in [6.45, 7) is 0. The minimum absolute atomic E-state index is 0.0180. The van der Waals surface area contributed by atoms with Gasteiger partial charge in [-0.25, -0.2) is 14.8 Å². The SMILES string of the molecule is O=C(O)c1cc(-n2cnc3ccccc32)ncc1Cl. The second-order valence-corrected chi connectivity index (χ2v) is 4.34. The predicted octanol–water partition coefficient (Wildman–Crippen LogP) is 2.77. The maximum Gasteiger partial charge on any atom is 0.337 e. The van der Waals surface area contributed by atoms with Crippen molar-refractivity contribution in [2.45, 2.75) is 0 Å². The van der Waals surface area contributed by atoms with Gasteiger partial charge in [0.15, 0.2) is 0 Å². The number of aromatic carboxylic acids is 1. The maximum absolute atomic E-state index is 11.1. The van der Waals surface area contributed by atoms with E-state index in [4.69, 9.17) is 16.7 Å². The number of benzene rings is 1. The van der Waals surface area contributed by atoms with E-state index < -0.39 is 5.97 Å². The molecule has 0 aliphatic carbocycles. The lowest BCUT2D eigenvalue weighted by Crippen LogP contribution is -2.02. The summed E-state index contributed by atoms with van der Waals surface area (Å²) < 4.78 is 1.72. The van der Waals surface area contributed by atoms with Crippen LogP contribution in [0.1, 0.15) is 10.4 Å². The molecular weight excluding hydrogens is 266 g/mol. The zero-order chi connectivity index (χ0) is 13.4. The number of carbonyl (C=O) groups is 1. The number of imidazole rings is 1. The highest BCUT2D eigenvalue weighted by Crippen LogP contribution is 2.21. The van der Waals surface area contributed by atoms with Crippen molar-refractivity contribution in [2.24, 2.45) is 0 Å². The van der Waals surface area contributed by atoms with Crippen LogP contribution in [-0.2, 0) is 0 Å². The van der Waals surface area contributed by atoms with Crippen LogP contribution < -0.4 is 0 Å². The summed E-state index contributed by atoms with van der Waals surface area (Å²) in [5.41, 5.74) is 1.69. The summed E-state index contributed by atoms with van der Waals surface area (Å²) in [6, 6.07) is 8.96. The fraction of sp³-hybridized carbons (Fsp3) is 0. The first-order valence-electron chi connectivity index (χ1n) is 5.48. The third-order valence-corrected chi connectivity index (χ3v) is 3.07. The first-order chi connectivity index (χ1) is 9.16. The van der Waals surface area contributed by atoms with Crippen LogP contribution in [0.15, 0.2) is 42.9 Å². The molecule has 0 atom stereocenters. The largest absolute Gasteiger partial charge is 0.478 e. The molecule has 2 aromatic heterocycles. The van der Waals surface area contributed by atoms with Crippen molar-refractivity contribution in [2.75, 3.05) is 0 Å². The maximum atomic E-state index is 11.1.